The van der Waals surface area contributed by atoms with Crippen molar-refractivity contribution in [2.75, 3.05) is 30.3 Å². The van der Waals surface area contributed by atoms with Crippen LogP contribution in [0.25, 0.3) is 0 Å². The van der Waals surface area contributed by atoms with Gasteiger partial charge in [0, 0.05) is 17.1 Å². The minimum absolute atomic E-state index is 0. The molecule has 2 aromatic rings. The number of carbonyl (C=O) groups excluding carboxylic acids is 2. The third kappa shape index (κ3) is 4.79. The number of nitrogens with zero attached hydrogens (tertiary/aromatic N) is 1. The van der Waals surface area contributed by atoms with Gasteiger partial charge in [-0.15, -0.1) is 11.3 Å². The molecule has 28 heavy (non-hydrogen) atoms. The Morgan fingerprint density at radius 3 is 2.39 bits per heavy atom. The molecular weight excluding hydrogens is 511 g/mol. The summed E-state index contributed by atoms with van der Waals surface area (Å²) in [7, 11) is 0. The minimum Gasteiger partial charge on any atom is -1.00 e. The molecule has 0 atom stereocenters. The van der Waals surface area contributed by atoms with Crippen LogP contribution in [0.3, 0.4) is 0 Å². The van der Waals surface area contributed by atoms with Crippen molar-refractivity contribution in [1.29, 1.82) is 0 Å². The van der Waals surface area contributed by atoms with Gasteiger partial charge in [-0.3, -0.25) is 10.1 Å². The molecule has 0 radical (unpaired) electrons. The van der Waals surface area contributed by atoms with Crippen molar-refractivity contribution < 1.29 is 38.0 Å². The topological polar surface area (TPSA) is 84.2 Å². The number of hydrogen-bond donors (Lipinski definition) is 3. The molecule has 0 spiro atoms. The van der Waals surface area contributed by atoms with Gasteiger partial charge >= 0.3 is 6.03 Å². The Morgan fingerprint density at radius 1 is 1.18 bits per heavy atom. The first-order chi connectivity index (χ1) is 12.9. The van der Waals surface area contributed by atoms with E-state index >= 15 is 0 Å². The van der Waals surface area contributed by atoms with Crippen LogP contribution in [0, 0.1) is 0 Å². The molecule has 6 nitrogen and oxygen atoms in total. The quantitative estimate of drug-likeness (QED) is 0.396. The van der Waals surface area contributed by atoms with E-state index in [2.05, 4.69) is 24.5 Å². The first-order valence-corrected chi connectivity index (χ1v) is 10.2. The van der Waals surface area contributed by atoms with Gasteiger partial charge in [-0.25, -0.2) is 4.79 Å². The average molecular weight is 535 g/mol. The van der Waals surface area contributed by atoms with E-state index in [-0.39, 0.29) is 24.0 Å². The summed E-state index contributed by atoms with van der Waals surface area (Å²) in [4.78, 5) is 25.6. The summed E-state index contributed by atoms with van der Waals surface area (Å²) >= 11 is 7.31. The van der Waals surface area contributed by atoms with Gasteiger partial charge in [0.1, 0.15) is 11.5 Å². The molecule has 1 aromatic carbocycles. The second-order valence-corrected chi connectivity index (χ2v) is 8.31. The third-order valence-electron chi connectivity index (χ3n) is 5.32. The van der Waals surface area contributed by atoms with Crippen molar-refractivity contribution in [1.82, 2.24) is 0 Å². The Morgan fingerprint density at radius 2 is 1.82 bits per heavy atom. The molecule has 0 saturated carbocycles. The molecule has 1 aromatic heterocycles. The lowest BCUT2D eigenvalue weighted by Crippen LogP contribution is -3.00. The lowest BCUT2D eigenvalue weighted by atomic mass is 10.0. The predicted octanol–water partition coefficient (Wildman–Crippen LogP) is 1.06. The largest absolute Gasteiger partial charge is 1.00 e. The molecule has 0 saturated heterocycles. The van der Waals surface area contributed by atoms with Gasteiger partial charge in [0.15, 0.2) is 0 Å². The normalized spacial score (nSPS) is 14.5. The summed E-state index contributed by atoms with van der Waals surface area (Å²) in [5.74, 6) is -0.498. The highest BCUT2D eigenvalue weighted by atomic mass is 127. The number of rotatable bonds is 5. The van der Waals surface area contributed by atoms with Crippen LogP contribution < -0.4 is 40.3 Å². The Kier molecular flexibility index (Phi) is 7.72. The second kappa shape index (κ2) is 9.43. The number of carbonyl (C=O) groups is 2. The van der Waals surface area contributed by atoms with E-state index in [1.165, 1.54) is 11.3 Å². The third-order valence-corrected chi connectivity index (χ3v) is 6.71. The molecule has 1 aliphatic rings. The number of thiophene rings is 1. The molecule has 1 aliphatic heterocycles. The zero-order valence-electron chi connectivity index (χ0n) is 15.9. The zero-order valence-corrected chi connectivity index (χ0v) is 19.6. The Labute approximate surface area is 191 Å². The number of anilines is 2. The zero-order chi connectivity index (χ0) is 19.6. The molecule has 4 N–H and O–H groups in total. The van der Waals surface area contributed by atoms with Gasteiger partial charge in [-0.2, -0.15) is 0 Å². The molecule has 0 aliphatic carbocycles. The van der Waals surface area contributed by atoms with Crippen LogP contribution >= 0.6 is 22.9 Å². The van der Waals surface area contributed by atoms with E-state index in [0.29, 0.717) is 21.3 Å². The van der Waals surface area contributed by atoms with Crippen LogP contribution in [0.4, 0.5) is 15.5 Å². The highest BCUT2D eigenvalue weighted by Crippen LogP contribution is 2.39. The summed E-state index contributed by atoms with van der Waals surface area (Å²) in [6, 6.07) is 6.41. The van der Waals surface area contributed by atoms with Gasteiger partial charge in [-0.05, 0) is 43.7 Å². The number of nitrogens with two attached hydrogens (primary N) is 1. The maximum Gasteiger partial charge on any atom is 0.324 e. The van der Waals surface area contributed by atoms with Crippen LogP contribution in [0.15, 0.2) is 24.3 Å². The van der Waals surface area contributed by atoms with Crippen molar-refractivity contribution in [3.8, 4) is 0 Å². The lowest BCUT2D eigenvalue weighted by Gasteiger charge is -2.39. The Balaban J connectivity index is 0.00000280. The van der Waals surface area contributed by atoms with Crippen molar-refractivity contribution in [2.45, 2.75) is 26.8 Å². The first kappa shape index (κ1) is 22.9. The van der Waals surface area contributed by atoms with Gasteiger partial charge in [0.2, 0.25) is 0 Å². The second-order valence-electron chi connectivity index (χ2n) is 6.76. The average Bonchev–Trinajstić information content (AvgIpc) is 3.00. The van der Waals surface area contributed by atoms with Crippen LogP contribution in [0.2, 0.25) is 5.02 Å². The molecule has 0 bridgehead atoms. The smallest absolute Gasteiger partial charge is 0.324 e. The fourth-order valence-electron chi connectivity index (χ4n) is 3.55. The summed E-state index contributed by atoms with van der Waals surface area (Å²) in [6.45, 7) is 8.31. The van der Waals surface area contributed by atoms with Crippen LogP contribution in [0.1, 0.15) is 34.6 Å². The number of nitrogens with one attached hydrogen (secondary N) is 2. The number of benzene rings is 1. The number of quaternary nitrogens is 1. The van der Waals surface area contributed by atoms with Gasteiger partial charge in [0.05, 0.1) is 30.1 Å². The highest BCUT2D eigenvalue weighted by Gasteiger charge is 2.35. The minimum atomic E-state index is -0.498. The van der Waals surface area contributed by atoms with E-state index in [1.807, 2.05) is 0 Å². The molecule has 0 unspecified atom stereocenters. The number of fused-ring (bicyclic) bond motifs is 1. The van der Waals surface area contributed by atoms with Gasteiger partial charge in [0.25, 0.3) is 5.91 Å². The number of hydrogen-bond acceptors (Lipinski definition) is 3. The lowest BCUT2D eigenvalue weighted by molar-refractivity contribution is -0.939. The van der Waals surface area contributed by atoms with Crippen molar-refractivity contribution in [2.24, 2.45) is 5.73 Å². The van der Waals surface area contributed by atoms with Crippen LogP contribution in [-0.2, 0) is 13.0 Å². The highest BCUT2D eigenvalue weighted by molar-refractivity contribution is 7.17. The maximum absolute atomic E-state index is 12.4. The molecule has 9 heteroatoms. The van der Waals surface area contributed by atoms with Crippen LogP contribution in [0.5, 0.6) is 0 Å². The number of urea groups is 1. The van der Waals surface area contributed by atoms with Crippen molar-refractivity contribution in [3.63, 3.8) is 0 Å². The molecule has 152 valence electrons. The standard InChI is InChI=1S/C19H23ClN4O2S.HI/c1-3-24(4-2)10-9-14-15(11-24)27-18(16(14)17(21)25)23-19(26)22-13-7-5-12(20)6-8-13;/h5-8H,3-4,9-11H2,1-2H3,(H3-,21,22,23,25,26);1H. The summed E-state index contributed by atoms with van der Waals surface area (Å²) < 4.78 is 0.988. The summed E-state index contributed by atoms with van der Waals surface area (Å²) in [5.41, 5.74) is 7.69. The SMILES string of the molecule is CC[N+]1(CC)CCc2c(sc(NC(=O)Nc3ccc(Cl)cc3)c2C(N)=O)C1.[I-]. The van der Waals surface area contributed by atoms with Crippen molar-refractivity contribution >= 4 is 45.6 Å². The molecule has 3 amide bonds. The molecule has 0 fully saturated rings. The van der Waals surface area contributed by atoms with Crippen LogP contribution in [-0.4, -0.2) is 36.1 Å². The Bertz CT molecular complexity index is 866. The van der Waals surface area contributed by atoms with Crippen molar-refractivity contribution in [3.05, 3.63) is 45.3 Å². The molecular formula is C19H24ClIN4O2S. The van der Waals surface area contributed by atoms with E-state index < -0.39 is 11.9 Å². The molecule has 3 rings (SSSR count). The van der Waals surface area contributed by atoms with E-state index in [9.17, 15) is 9.59 Å². The fraction of sp³-hybridized carbons (Fsp3) is 0.368. The van der Waals surface area contributed by atoms with Gasteiger partial charge in [-0.1, -0.05) is 11.6 Å². The van der Waals surface area contributed by atoms with Gasteiger partial charge < -0.3 is 39.5 Å². The summed E-state index contributed by atoms with van der Waals surface area (Å²) in [5, 5.41) is 6.66. The van der Waals surface area contributed by atoms with E-state index in [0.717, 1.165) is 47.5 Å². The summed E-state index contributed by atoms with van der Waals surface area (Å²) in [6.07, 6.45) is 0.798. The maximum atomic E-state index is 12.4. The first-order valence-electron chi connectivity index (χ1n) is 9.00. The fourth-order valence-corrected chi connectivity index (χ4v) is 5.06. The number of likely N-dealkylation sites (N-methyl/N-ethyl adjacent to an activating group) is 1. The monoisotopic (exact) mass is 534 g/mol. The number of primary amides is 1. The molecule has 2 heterocycles. The van der Waals surface area contributed by atoms with E-state index in [1.54, 1.807) is 24.3 Å². The number of amides is 3. The number of halogens is 2. The van der Waals surface area contributed by atoms with E-state index in [4.69, 9.17) is 17.3 Å². The predicted molar refractivity (Wildman–Crippen MR) is 111 cm³/mol. The Hall–Kier alpha value is -1.36.